The molecule has 1 unspecified atom stereocenters. The monoisotopic (exact) mass is 251 g/mol. The first-order valence-corrected chi connectivity index (χ1v) is 5.83. The Hall–Kier alpha value is -1.48. The summed E-state index contributed by atoms with van der Waals surface area (Å²) >= 11 is 6.07. The number of carboxylic acid groups (broad SMARTS) is 1. The smallest absolute Gasteiger partial charge is 0.306 e. The molecule has 1 heterocycles. The van der Waals surface area contributed by atoms with E-state index in [1.165, 1.54) is 0 Å². The summed E-state index contributed by atoms with van der Waals surface area (Å²) in [5, 5.41) is 10.6. The minimum atomic E-state index is -0.769. The Bertz CT molecular complexity index is 574. The van der Waals surface area contributed by atoms with E-state index in [0.29, 0.717) is 6.42 Å². The van der Waals surface area contributed by atoms with Crippen LogP contribution in [0.2, 0.25) is 5.02 Å². The van der Waals surface area contributed by atoms with Gasteiger partial charge in [-0.05, 0) is 18.1 Å². The Kier molecular flexibility index (Phi) is 3.11. The van der Waals surface area contributed by atoms with E-state index in [1.54, 1.807) is 6.92 Å². The van der Waals surface area contributed by atoms with Gasteiger partial charge in [0.1, 0.15) is 0 Å². The summed E-state index contributed by atoms with van der Waals surface area (Å²) < 4.78 is 1.95. The number of carbonyl (C=O) groups is 1. The Balaban J connectivity index is 2.38. The van der Waals surface area contributed by atoms with Crippen molar-refractivity contribution in [2.24, 2.45) is 13.0 Å². The van der Waals surface area contributed by atoms with Crippen molar-refractivity contribution >= 4 is 28.5 Å². The summed E-state index contributed by atoms with van der Waals surface area (Å²) in [6, 6.07) is 5.88. The number of fused-ring (bicyclic) bond motifs is 1. The number of aryl methyl sites for hydroxylation is 1. The number of hydrogen-bond acceptors (Lipinski definition) is 1. The molecule has 0 amide bonds. The van der Waals surface area contributed by atoms with E-state index in [1.807, 2.05) is 36.0 Å². The molecular formula is C13H14ClNO2. The highest BCUT2D eigenvalue weighted by molar-refractivity contribution is 6.35. The Morgan fingerprint density at radius 3 is 2.88 bits per heavy atom. The molecule has 0 aliphatic heterocycles. The Morgan fingerprint density at radius 2 is 2.24 bits per heavy atom. The maximum Gasteiger partial charge on any atom is 0.306 e. The lowest BCUT2D eigenvalue weighted by atomic mass is 10.0. The number of aromatic nitrogens is 1. The zero-order valence-corrected chi connectivity index (χ0v) is 10.5. The number of hydrogen-bond donors (Lipinski definition) is 1. The maximum absolute atomic E-state index is 10.8. The highest BCUT2D eigenvalue weighted by atomic mass is 35.5. The zero-order chi connectivity index (χ0) is 12.6. The summed E-state index contributed by atoms with van der Waals surface area (Å²) in [6.45, 7) is 1.71. The molecule has 0 radical (unpaired) electrons. The first-order chi connectivity index (χ1) is 7.99. The van der Waals surface area contributed by atoms with Crippen LogP contribution in [0.3, 0.4) is 0 Å². The second-order valence-corrected chi connectivity index (χ2v) is 4.79. The number of benzene rings is 1. The average molecular weight is 252 g/mol. The van der Waals surface area contributed by atoms with E-state index in [2.05, 4.69) is 0 Å². The Morgan fingerprint density at radius 1 is 1.53 bits per heavy atom. The van der Waals surface area contributed by atoms with Gasteiger partial charge in [-0.15, -0.1) is 0 Å². The summed E-state index contributed by atoms with van der Waals surface area (Å²) in [7, 11) is 1.93. The molecule has 0 saturated heterocycles. The SMILES string of the molecule is CC(Cc1ccc2c(Cl)cn(C)c2c1)C(=O)O. The molecular weight excluding hydrogens is 238 g/mol. The summed E-state index contributed by atoms with van der Waals surface area (Å²) in [5.41, 5.74) is 2.05. The predicted molar refractivity (Wildman–Crippen MR) is 68.4 cm³/mol. The van der Waals surface area contributed by atoms with Gasteiger partial charge < -0.3 is 9.67 Å². The molecule has 0 aliphatic rings. The molecule has 1 aromatic carbocycles. The van der Waals surface area contributed by atoms with Crippen LogP contribution in [0.5, 0.6) is 0 Å². The molecule has 0 spiro atoms. The van der Waals surface area contributed by atoms with Crippen LogP contribution in [0.4, 0.5) is 0 Å². The number of aliphatic carboxylic acids is 1. The summed E-state index contributed by atoms with van der Waals surface area (Å²) in [5.74, 6) is -1.14. The molecule has 4 heteroatoms. The fraction of sp³-hybridized carbons (Fsp3) is 0.308. The minimum Gasteiger partial charge on any atom is -0.481 e. The van der Waals surface area contributed by atoms with Crippen LogP contribution in [-0.4, -0.2) is 15.6 Å². The number of rotatable bonds is 3. The quantitative estimate of drug-likeness (QED) is 0.911. The van der Waals surface area contributed by atoms with Crippen molar-refractivity contribution in [1.82, 2.24) is 4.57 Å². The fourth-order valence-electron chi connectivity index (χ4n) is 1.95. The molecule has 1 aromatic heterocycles. The van der Waals surface area contributed by atoms with E-state index in [9.17, 15) is 4.79 Å². The number of halogens is 1. The van der Waals surface area contributed by atoms with E-state index >= 15 is 0 Å². The van der Waals surface area contributed by atoms with E-state index < -0.39 is 5.97 Å². The average Bonchev–Trinajstić information content (AvgIpc) is 2.54. The Labute approximate surface area is 105 Å². The predicted octanol–water partition coefficient (Wildman–Crippen LogP) is 3.09. The molecule has 1 N–H and O–H groups in total. The second-order valence-electron chi connectivity index (χ2n) is 4.38. The molecule has 0 fully saturated rings. The first-order valence-electron chi connectivity index (χ1n) is 5.45. The van der Waals surface area contributed by atoms with Gasteiger partial charge in [0.15, 0.2) is 0 Å². The molecule has 0 bridgehead atoms. The fourth-order valence-corrected chi connectivity index (χ4v) is 2.25. The van der Waals surface area contributed by atoms with Gasteiger partial charge in [-0.3, -0.25) is 4.79 Å². The van der Waals surface area contributed by atoms with Crippen molar-refractivity contribution in [1.29, 1.82) is 0 Å². The third-order valence-corrected chi connectivity index (χ3v) is 3.27. The van der Waals surface area contributed by atoms with Crippen molar-refractivity contribution < 1.29 is 9.90 Å². The lowest BCUT2D eigenvalue weighted by molar-refractivity contribution is -0.141. The zero-order valence-electron chi connectivity index (χ0n) is 9.77. The normalized spacial score (nSPS) is 12.9. The standard InChI is InChI=1S/C13H14ClNO2/c1-8(13(16)17)5-9-3-4-10-11(14)7-15(2)12(10)6-9/h3-4,6-8H,5H2,1-2H3,(H,16,17). The van der Waals surface area contributed by atoms with Crippen LogP contribution < -0.4 is 0 Å². The van der Waals surface area contributed by atoms with Crippen molar-refractivity contribution in [2.45, 2.75) is 13.3 Å². The van der Waals surface area contributed by atoms with Gasteiger partial charge in [0.2, 0.25) is 0 Å². The minimum absolute atomic E-state index is 0.372. The third-order valence-electron chi connectivity index (χ3n) is 2.97. The molecule has 3 nitrogen and oxygen atoms in total. The van der Waals surface area contributed by atoms with Crippen LogP contribution in [0.25, 0.3) is 10.9 Å². The topological polar surface area (TPSA) is 42.2 Å². The molecule has 0 aliphatic carbocycles. The van der Waals surface area contributed by atoms with Crippen molar-refractivity contribution in [2.75, 3.05) is 0 Å². The third kappa shape index (κ3) is 2.29. The molecule has 2 aromatic rings. The second kappa shape index (κ2) is 4.41. The van der Waals surface area contributed by atoms with Crippen molar-refractivity contribution in [3.63, 3.8) is 0 Å². The largest absolute Gasteiger partial charge is 0.481 e. The van der Waals surface area contributed by atoms with Crippen LogP contribution in [0.1, 0.15) is 12.5 Å². The lowest BCUT2D eigenvalue weighted by Crippen LogP contribution is -2.12. The molecule has 1 atom stereocenters. The van der Waals surface area contributed by atoms with Gasteiger partial charge >= 0.3 is 5.97 Å². The van der Waals surface area contributed by atoms with Gasteiger partial charge in [0, 0.05) is 24.1 Å². The van der Waals surface area contributed by atoms with E-state index in [-0.39, 0.29) is 5.92 Å². The molecule has 2 rings (SSSR count). The van der Waals surface area contributed by atoms with Gasteiger partial charge in [0.05, 0.1) is 10.9 Å². The molecule has 0 saturated carbocycles. The van der Waals surface area contributed by atoms with Crippen LogP contribution in [0.15, 0.2) is 24.4 Å². The van der Waals surface area contributed by atoms with Gasteiger partial charge in [-0.1, -0.05) is 30.7 Å². The number of nitrogens with zero attached hydrogens (tertiary/aromatic N) is 1. The van der Waals surface area contributed by atoms with Crippen LogP contribution >= 0.6 is 11.6 Å². The first kappa shape index (κ1) is 12.0. The summed E-state index contributed by atoms with van der Waals surface area (Å²) in [6.07, 6.45) is 2.39. The lowest BCUT2D eigenvalue weighted by Gasteiger charge is -2.07. The van der Waals surface area contributed by atoms with Gasteiger partial charge in [-0.25, -0.2) is 0 Å². The van der Waals surface area contributed by atoms with Gasteiger partial charge in [0.25, 0.3) is 0 Å². The van der Waals surface area contributed by atoms with Gasteiger partial charge in [-0.2, -0.15) is 0 Å². The van der Waals surface area contributed by atoms with Crippen molar-refractivity contribution in [3.8, 4) is 0 Å². The number of carboxylic acids is 1. The maximum atomic E-state index is 10.8. The van der Waals surface area contributed by atoms with Crippen LogP contribution in [-0.2, 0) is 18.3 Å². The van der Waals surface area contributed by atoms with E-state index in [4.69, 9.17) is 16.7 Å². The highest BCUT2D eigenvalue weighted by Gasteiger charge is 2.12. The molecule has 90 valence electrons. The molecule has 17 heavy (non-hydrogen) atoms. The van der Waals surface area contributed by atoms with E-state index in [0.717, 1.165) is 21.5 Å². The summed E-state index contributed by atoms with van der Waals surface area (Å²) in [4.78, 5) is 10.8. The van der Waals surface area contributed by atoms with Crippen LogP contribution in [0, 0.1) is 5.92 Å². The highest BCUT2D eigenvalue weighted by Crippen LogP contribution is 2.26. The van der Waals surface area contributed by atoms with Crippen molar-refractivity contribution in [3.05, 3.63) is 35.0 Å².